The number of aromatic nitrogens is 4. The molecule has 2 heterocycles. The van der Waals surface area contributed by atoms with Crippen LogP contribution in [0.3, 0.4) is 0 Å². The van der Waals surface area contributed by atoms with Crippen LogP contribution in [0, 0.1) is 0 Å². The maximum absolute atomic E-state index is 6.07. The van der Waals surface area contributed by atoms with E-state index in [9.17, 15) is 0 Å². The monoisotopic (exact) mass is 324 g/mol. The molecule has 0 N–H and O–H groups in total. The lowest BCUT2D eigenvalue weighted by Gasteiger charge is -1.97. The SMILES string of the molecule is Clc1cnc(Sc2nnc(-c3ccccc3Cl)o2)nc1. The summed E-state index contributed by atoms with van der Waals surface area (Å²) in [5.74, 6) is 0.354. The minimum atomic E-state index is 0.335. The third-order valence-electron chi connectivity index (χ3n) is 2.29. The number of hydrogen-bond donors (Lipinski definition) is 0. The maximum atomic E-state index is 6.07. The van der Waals surface area contributed by atoms with Gasteiger partial charge in [0.25, 0.3) is 5.22 Å². The van der Waals surface area contributed by atoms with Crippen molar-refractivity contribution in [3.8, 4) is 11.5 Å². The molecule has 3 aromatic rings. The summed E-state index contributed by atoms with van der Waals surface area (Å²) in [5, 5.41) is 9.72. The van der Waals surface area contributed by atoms with E-state index in [2.05, 4.69) is 20.2 Å². The van der Waals surface area contributed by atoms with E-state index >= 15 is 0 Å². The van der Waals surface area contributed by atoms with E-state index in [-0.39, 0.29) is 0 Å². The van der Waals surface area contributed by atoms with Crippen LogP contribution < -0.4 is 0 Å². The summed E-state index contributed by atoms with van der Waals surface area (Å²) < 4.78 is 5.53. The molecular weight excluding hydrogens is 319 g/mol. The van der Waals surface area contributed by atoms with Crippen LogP contribution in [0.5, 0.6) is 0 Å². The van der Waals surface area contributed by atoms with E-state index in [4.69, 9.17) is 27.6 Å². The second-order valence-corrected chi connectivity index (χ2v) is 5.40. The van der Waals surface area contributed by atoms with Crippen LogP contribution in [0.1, 0.15) is 0 Å². The van der Waals surface area contributed by atoms with Crippen molar-refractivity contribution in [1.82, 2.24) is 20.2 Å². The van der Waals surface area contributed by atoms with Gasteiger partial charge in [-0.2, -0.15) is 0 Å². The van der Waals surface area contributed by atoms with E-state index in [0.717, 1.165) is 11.8 Å². The highest BCUT2D eigenvalue weighted by Crippen LogP contribution is 2.30. The molecular formula is C12H6Cl2N4OS. The first kappa shape index (κ1) is 13.4. The largest absolute Gasteiger partial charge is 0.411 e. The quantitative estimate of drug-likeness (QED) is 0.679. The van der Waals surface area contributed by atoms with E-state index in [1.165, 1.54) is 12.4 Å². The summed E-state index contributed by atoms with van der Waals surface area (Å²) in [4.78, 5) is 8.08. The van der Waals surface area contributed by atoms with Gasteiger partial charge in [0, 0.05) is 11.8 Å². The minimum absolute atomic E-state index is 0.335. The van der Waals surface area contributed by atoms with Crippen LogP contribution >= 0.6 is 35.0 Å². The minimum Gasteiger partial charge on any atom is -0.411 e. The number of halogens is 2. The first-order valence-corrected chi connectivity index (χ1v) is 7.03. The lowest BCUT2D eigenvalue weighted by Crippen LogP contribution is -1.84. The number of rotatable bonds is 3. The standard InChI is InChI=1S/C12H6Cl2N4OS/c13-7-5-15-11(16-6-7)20-12-18-17-10(19-12)8-3-1-2-4-9(8)14/h1-6H. The van der Waals surface area contributed by atoms with E-state index in [1.807, 2.05) is 18.2 Å². The molecule has 0 atom stereocenters. The van der Waals surface area contributed by atoms with Gasteiger partial charge in [0.15, 0.2) is 5.16 Å². The zero-order chi connectivity index (χ0) is 13.9. The first-order chi connectivity index (χ1) is 9.72. The van der Waals surface area contributed by atoms with Crippen molar-refractivity contribution in [2.75, 3.05) is 0 Å². The highest BCUT2D eigenvalue weighted by atomic mass is 35.5. The van der Waals surface area contributed by atoms with Gasteiger partial charge in [-0.1, -0.05) is 35.3 Å². The van der Waals surface area contributed by atoms with Gasteiger partial charge in [0.05, 0.1) is 28.0 Å². The average Bonchev–Trinajstić information content (AvgIpc) is 2.90. The van der Waals surface area contributed by atoms with E-state index < -0.39 is 0 Å². The van der Waals surface area contributed by atoms with Crippen molar-refractivity contribution in [1.29, 1.82) is 0 Å². The Labute approximate surface area is 128 Å². The number of hydrogen-bond acceptors (Lipinski definition) is 6. The van der Waals surface area contributed by atoms with Crippen molar-refractivity contribution < 1.29 is 4.42 Å². The fraction of sp³-hybridized carbons (Fsp3) is 0. The molecule has 0 saturated heterocycles. The van der Waals surface area contributed by atoms with Crippen LogP contribution in [0.2, 0.25) is 10.0 Å². The van der Waals surface area contributed by atoms with Crippen molar-refractivity contribution in [2.45, 2.75) is 10.4 Å². The molecule has 0 aliphatic carbocycles. The predicted molar refractivity (Wildman–Crippen MR) is 75.9 cm³/mol. The second kappa shape index (κ2) is 5.78. The molecule has 3 rings (SSSR count). The van der Waals surface area contributed by atoms with Gasteiger partial charge in [-0.25, -0.2) is 9.97 Å². The zero-order valence-electron chi connectivity index (χ0n) is 9.83. The Balaban J connectivity index is 1.84. The third-order valence-corrected chi connectivity index (χ3v) is 3.54. The molecule has 5 nitrogen and oxygen atoms in total. The fourth-order valence-electron chi connectivity index (χ4n) is 1.43. The predicted octanol–water partition coefficient (Wildman–Crippen LogP) is 3.98. The molecule has 0 aliphatic rings. The Morgan fingerprint density at radius 3 is 2.50 bits per heavy atom. The summed E-state index contributed by atoms with van der Waals surface area (Å²) in [6.07, 6.45) is 3.00. The molecule has 0 saturated carbocycles. The highest BCUT2D eigenvalue weighted by molar-refractivity contribution is 7.98. The van der Waals surface area contributed by atoms with E-state index in [1.54, 1.807) is 6.07 Å². The zero-order valence-corrected chi connectivity index (χ0v) is 12.2. The van der Waals surface area contributed by atoms with Gasteiger partial charge in [0.2, 0.25) is 5.89 Å². The first-order valence-electron chi connectivity index (χ1n) is 5.46. The van der Waals surface area contributed by atoms with Gasteiger partial charge >= 0.3 is 0 Å². The van der Waals surface area contributed by atoms with Crippen molar-refractivity contribution in [2.24, 2.45) is 0 Å². The van der Waals surface area contributed by atoms with Crippen LogP contribution in [0.4, 0.5) is 0 Å². The Morgan fingerprint density at radius 2 is 1.75 bits per heavy atom. The molecule has 0 radical (unpaired) electrons. The molecule has 100 valence electrons. The highest BCUT2D eigenvalue weighted by Gasteiger charge is 2.13. The molecule has 2 aromatic heterocycles. The van der Waals surface area contributed by atoms with Gasteiger partial charge in [-0.05, 0) is 12.1 Å². The van der Waals surface area contributed by atoms with Crippen LogP contribution in [-0.2, 0) is 0 Å². The Morgan fingerprint density at radius 1 is 1.00 bits per heavy atom. The molecule has 20 heavy (non-hydrogen) atoms. The lowest BCUT2D eigenvalue weighted by atomic mass is 10.2. The van der Waals surface area contributed by atoms with E-state index in [0.29, 0.717) is 31.9 Å². The van der Waals surface area contributed by atoms with Crippen molar-refractivity contribution in [3.63, 3.8) is 0 Å². The molecule has 0 spiro atoms. The van der Waals surface area contributed by atoms with Crippen LogP contribution in [0.15, 0.2) is 51.5 Å². The molecule has 0 fully saturated rings. The molecule has 0 unspecified atom stereocenters. The summed E-state index contributed by atoms with van der Waals surface area (Å²) in [7, 11) is 0. The smallest absolute Gasteiger partial charge is 0.284 e. The van der Waals surface area contributed by atoms with Gasteiger partial charge in [-0.15, -0.1) is 10.2 Å². The Hall–Kier alpha value is -1.63. The third kappa shape index (κ3) is 2.92. The number of benzene rings is 1. The van der Waals surface area contributed by atoms with Gasteiger partial charge in [0.1, 0.15) is 0 Å². The lowest BCUT2D eigenvalue weighted by molar-refractivity contribution is 0.465. The second-order valence-electron chi connectivity index (χ2n) is 3.64. The topological polar surface area (TPSA) is 64.7 Å². The van der Waals surface area contributed by atoms with Gasteiger partial charge in [-0.3, -0.25) is 0 Å². The van der Waals surface area contributed by atoms with Gasteiger partial charge < -0.3 is 4.42 Å². The van der Waals surface area contributed by atoms with Crippen LogP contribution in [0.25, 0.3) is 11.5 Å². The Bertz CT molecular complexity index is 732. The summed E-state index contributed by atoms with van der Waals surface area (Å²) in [5.41, 5.74) is 0.686. The molecule has 0 aliphatic heterocycles. The molecule has 0 amide bonds. The molecule has 8 heteroatoms. The summed E-state index contributed by atoms with van der Waals surface area (Å²) >= 11 is 12.9. The average molecular weight is 325 g/mol. The van der Waals surface area contributed by atoms with Crippen molar-refractivity contribution in [3.05, 3.63) is 46.7 Å². The Kier molecular flexibility index (Phi) is 3.86. The van der Waals surface area contributed by atoms with Crippen LogP contribution in [-0.4, -0.2) is 20.2 Å². The molecule has 0 bridgehead atoms. The summed E-state index contributed by atoms with van der Waals surface area (Å²) in [6.45, 7) is 0. The molecule has 1 aromatic carbocycles. The fourth-order valence-corrected chi connectivity index (χ4v) is 2.31. The summed E-state index contributed by atoms with van der Waals surface area (Å²) in [6, 6.07) is 7.25. The number of nitrogens with zero attached hydrogens (tertiary/aromatic N) is 4. The maximum Gasteiger partial charge on any atom is 0.284 e. The van der Waals surface area contributed by atoms with Crippen molar-refractivity contribution >= 4 is 35.0 Å². The normalized spacial score (nSPS) is 10.7.